The molecule has 0 saturated carbocycles. The smallest absolute Gasteiger partial charge is 0.341 e. The topological polar surface area (TPSA) is 50.4 Å². The molecule has 0 fully saturated rings. The first-order chi connectivity index (χ1) is 13.8. The number of aryl methyl sites for hydroxylation is 1. The number of ether oxygens (including phenoxy) is 1. The van der Waals surface area contributed by atoms with Crippen LogP contribution in [0.3, 0.4) is 0 Å². The summed E-state index contributed by atoms with van der Waals surface area (Å²) in [4.78, 5) is 13.4. The van der Waals surface area contributed by atoms with Crippen molar-refractivity contribution in [1.29, 1.82) is 0 Å². The molecule has 29 heavy (non-hydrogen) atoms. The summed E-state index contributed by atoms with van der Waals surface area (Å²) in [5.74, 6) is -6.97. The Hall–Kier alpha value is -1.72. The number of carbonyl (C=O) groups is 1. The Labute approximate surface area is 181 Å². The number of hydrogen-bond donors (Lipinski definition) is 2. The molecule has 2 N–H and O–H groups in total. The van der Waals surface area contributed by atoms with Crippen molar-refractivity contribution in [3.8, 4) is 0 Å². The van der Waals surface area contributed by atoms with Crippen LogP contribution >= 0.6 is 39.5 Å². The highest BCUT2D eigenvalue weighted by Crippen LogP contribution is 2.39. The molecule has 11 heteroatoms. The Bertz CT molecular complexity index is 968. The number of esters is 1. The molecule has 0 amide bonds. The van der Waals surface area contributed by atoms with E-state index in [0.29, 0.717) is 17.0 Å². The second-order valence-corrected chi connectivity index (χ2v) is 8.47. The van der Waals surface area contributed by atoms with Crippen LogP contribution in [0.4, 0.5) is 28.3 Å². The Kier molecular flexibility index (Phi) is 6.79. The fourth-order valence-electron chi connectivity index (χ4n) is 3.04. The number of hydrogen-bond acceptors (Lipinski definition) is 4. The molecule has 0 aliphatic heterocycles. The lowest BCUT2D eigenvalue weighted by molar-refractivity contribution is 0.0526. The van der Waals surface area contributed by atoms with E-state index in [1.807, 2.05) is 0 Å². The van der Waals surface area contributed by atoms with E-state index >= 15 is 0 Å². The summed E-state index contributed by atoms with van der Waals surface area (Å²) in [5, 5.41) is 4.88. The molecule has 1 aliphatic rings. The zero-order valence-corrected chi connectivity index (χ0v) is 18.3. The van der Waals surface area contributed by atoms with Crippen LogP contribution in [0, 0.1) is 23.3 Å². The largest absolute Gasteiger partial charge is 0.462 e. The molecule has 156 valence electrons. The minimum absolute atomic E-state index is 0.180. The summed E-state index contributed by atoms with van der Waals surface area (Å²) in [6.07, 6.45) is 3.40. The number of benzene rings is 1. The molecule has 3 rings (SSSR count). The lowest BCUT2D eigenvalue weighted by atomic mass is 9.95. The summed E-state index contributed by atoms with van der Waals surface area (Å²) in [6.45, 7) is 1.86. The van der Waals surface area contributed by atoms with Gasteiger partial charge in [-0.1, -0.05) is 0 Å². The van der Waals surface area contributed by atoms with Crippen LogP contribution in [0.25, 0.3) is 0 Å². The highest BCUT2D eigenvalue weighted by Gasteiger charge is 2.28. The SMILES string of the molecule is CCOC(=O)c1c(NC(=S)Nc2c(F)c(F)c(Br)c(F)c2F)sc2c1CCCC2. The van der Waals surface area contributed by atoms with Crippen molar-refractivity contribution < 1.29 is 27.1 Å². The third-order valence-electron chi connectivity index (χ3n) is 4.33. The fraction of sp³-hybridized carbons (Fsp3) is 0.333. The van der Waals surface area contributed by atoms with E-state index in [1.54, 1.807) is 6.92 Å². The van der Waals surface area contributed by atoms with E-state index in [0.717, 1.165) is 29.7 Å². The molecule has 0 atom stereocenters. The number of rotatable bonds is 4. The molecular weight excluding hydrogens is 496 g/mol. The molecule has 1 aliphatic carbocycles. The zero-order valence-electron chi connectivity index (χ0n) is 15.1. The third kappa shape index (κ3) is 4.26. The van der Waals surface area contributed by atoms with Crippen molar-refractivity contribution in [1.82, 2.24) is 0 Å². The Morgan fingerprint density at radius 3 is 2.34 bits per heavy atom. The Morgan fingerprint density at radius 2 is 1.72 bits per heavy atom. The average Bonchev–Trinajstić information content (AvgIpc) is 3.06. The maximum absolute atomic E-state index is 14.1. The Balaban J connectivity index is 1.91. The van der Waals surface area contributed by atoms with E-state index in [2.05, 4.69) is 26.6 Å². The van der Waals surface area contributed by atoms with Gasteiger partial charge in [-0.2, -0.15) is 0 Å². The van der Waals surface area contributed by atoms with Gasteiger partial charge in [0.15, 0.2) is 28.4 Å². The summed E-state index contributed by atoms with van der Waals surface area (Å²) in [7, 11) is 0. The normalized spacial score (nSPS) is 13.0. The lowest BCUT2D eigenvalue weighted by Gasteiger charge is -2.14. The minimum atomic E-state index is -1.63. The van der Waals surface area contributed by atoms with Gasteiger partial charge in [-0.05, 0) is 66.3 Å². The average molecular weight is 511 g/mol. The first-order valence-corrected chi connectivity index (χ1v) is 10.7. The number of nitrogens with one attached hydrogen (secondary N) is 2. The van der Waals surface area contributed by atoms with Crippen molar-refractivity contribution >= 4 is 61.3 Å². The van der Waals surface area contributed by atoms with E-state index in [-0.39, 0.29) is 11.7 Å². The molecule has 0 saturated heterocycles. The molecule has 1 aromatic heterocycles. The van der Waals surface area contributed by atoms with Crippen LogP contribution in [0.2, 0.25) is 0 Å². The van der Waals surface area contributed by atoms with E-state index in [4.69, 9.17) is 17.0 Å². The van der Waals surface area contributed by atoms with Gasteiger partial charge in [-0.25, -0.2) is 22.4 Å². The van der Waals surface area contributed by atoms with Crippen LogP contribution < -0.4 is 10.6 Å². The lowest BCUT2D eigenvalue weighted by Crippen LogP contribution is -2.22. The fourth-order valence-corrected chi connectivity index (χ4v) is 4.93. The number of carbonyl (C=O) groups excluding carboxylic acids is 1. The van der Waals surface area contributed by atoms with E-state index < -0.39 is 39.4 Å². The highest BCUT2D eigenvalue weighted by atomic mass is 79.9. The number of anilines is 2. The van der Waals surface area contributed by atoms with Crippen LogP contribution in [0.15, 0.2) is 4.47 Å². The number of fused-ring (bicyclic) bond motifs is 1. The first-order valence-electron chi connectivity index (χ1n) is 8.67. The molecular formula is C18H15BrF4N2O2S2. The van der Waals surface area contributed by atoms with Crippen molar-refractivity contribution in [2.45, 2.75) is 32.6 Å². The van der Waals surface area contributed by atoms with Gasteiger partial charge < -0.3 is 15.4 Å². The van der Waals surface area contributed by atoms with Crippen LogP contribution in [0.1, 0.15) is 40.6 Å². The van der Waals surface area contributed by atoms with Gasteiger partial charge in [0.2, 0.25) is 0 Å². The minimum Gasteiger partial charge on any atom is -0.462 e. The maximum Gasteiger partial charge on any atom is 0.341 e. The quantitative estimate of drug-likeness (QED) is 0.175. The van der Waals surface area contributed by atoms with Crippen LogP contribution in [0.5, 0.6) is 0 Å². The number of thiocarbonyl (C=S) groups is 1. The van der Waals surface area contributed by atoms with Crippen LogP contribution in [-0.4, -0.2) is 17.7 Å². The molecule has 2 aromatic rings. The predicted molar refractivity (Wildman–Crippen MR) is 111 cm³/mol. The number of thiophene rings is 1. The van der Waals surface area contributed by atoms with Gasteiger partial charge in [-0.15, -0.1) is 11.3 Å². The monoisotopic (exact) mass is 510 g/mol. The van der Waals surface area contributed by atoms with Gasteiger partial charge in [0.25, 0.3) is 0 Å². The predicted octanol–water partition coefficient (Wildman–Crippen LogP) is 5.93. The summed E-state index contributed by atoms with van der Waals surface area (Å²) < 4.78 is 59.7. The Morgan fingerprint density at radius 1 is 1.10 bits per heavy atom. The van der Waals surface area contributed by atoms with Crippen molar-refractivity contribution in [3.05, 3.63) is 43.7 Å². The van der Waals surface area contributed by atoms with Crippen molar-refractivity contribution in [2.75, 3.05) is 17.2 Å². The highest BCUT2D eigenvalue weighted by molar-refractivity contribution is 9.10. The van der Waals surface area contributed by atoms with Gasteiger partial charge in [0, 0.05) is 4.88 Å². The molecule has 4 nitrogen and oxygen atoms in total. The van der Waals surface area contributed by atoms with Gasteiger partial charge >= 0.3 is 5.97 Å². The van der Waals surface area contributed by atoms with E-state index in [1.165, 1.54) is 11.3 Å². The van der Waals surface area contributed by atoms with Gasteiger partial charge in [0.1, 0.15) is 10.7 Å². The number of halogens is 5. The van der Waals surface area contributed by atoms with Crippen molar-refractivity contribution in [3.63, 3.8) is 0 Å². The van der Waals surface area contributed by atoms with Crippen LogP contribution in [-0.2, 0) is 17.6 Å². The molecule has 1 heterocycles. The van der Waals surface area contributed by atoms with E-state index in [9.17, 15) is 22.4 Å². The second kappa shape index (κ2) is 8.97. The summed E-state index contributed by atoms with van der Waals surface area (Å²) in [6, 6.07) is 0. The molecule has 0 radical (unpaired) electrons. The maximum atomic E-state index is 14.1. The zero-order chi connectivity index (χ0) is 21.3. The van der Waals surface area contributed by atoms with Gasteiger partial charge in [-0.3, -0.25) is 0 Å². The van der Waals surface area contributed by atoms with Crippen molar-refractivity contribution in [2.24, 2.45) is 0 Å². The van der Waals surface area contributed by atoms with Gasteiger partial charge in [0.05, 0.1) is 16.6 Å². The third-order valence-corrected chi connectivity index (χ3v) is 6.43. The molecule has 0 spiro atoms. The summed E-state index contributed by atoms with van der Waals surface area (Å²) in [5.41, 5.74) is 0.118. The standard InChI is InChI=1S/C18H15BrF4N2O2S2/c1-2-27-17(26)9-7-5-3-4-6-8(7)29-16(9)25-18(28)24-15-13(22)11(20)10(19)12(21)14(15)23/h2-6H2,1H3,(H2,24,25,28). The molecule has 0 unspecified atom stereocenters. The molecule has 0 bridgehead atoms. The second-order valence-electron chi connectivity index (χ2n) is 6.16. The first kappa shape index (κ1) is 22.0. The summed E-state index contributed by atoms with van der Waals surface area (Å²) >= 11 is 8.79. The molecule has 1 aromatic carbocycles.